The second-order valence-corrected chi connectivity index (χ2v) is 10.8. The fourth-order valence-corrected chi connectivity index (χ4v) is 6.26. The van der Waals surface area contributed by atoms with E-state index in [-0.39, 0.29) is 21.9 Å². The van der Waals surface area contributed by atoms with Gasteiger partial charge in [-0.05, 0) is 83.9 Å². The molecule has 1 aliphatic rings. The molecule has 2 aromatic heterocycles. The van der Waals surface area contributed by atoms with E-state index in [9.17, 15) is 18.3 Å². The molecule has 33 heavy (non-hydrogen) atoms. The fourth-order valence-electron chi connectivity index (χ4n) is 3.95. The van der Waals surface area contributed by atoms with E-state index in [1.165, 1.54) is 18.2 Å². The number of nitrogens with zero attached hydrogens (tertiary/aromatic N) is 2. The molecule has 9 heteroatoms. The van der Waals surface area contributed by atoms with Crippen LogP contribution < -0.4 is 0 Å². The van der Waals surface area contributed by atoms with Crippen LogP contribution in [0.1, 0.15) is 40.2 Å². The first-order valence-corrected chi connectivity index (χ1v) is 12.7. The van der Waals surface area contributed by atoms with Gasteiger partial charge >= 0.3 is 5.97 Å². The third-order valence-corrected chi connectivity index (χ3v) is 8.21. The highest BCUT2D eigenvalue weighted by Crippen LogP contribution is 2.44. The third kappa shape index (κ3) is 4.21. The van der Waals surface area contributed by atoms with Crippen LogP contribution in [0.4, 0.5) is 4.39 Å². The number of sulfone groups is 1. The van der Waals surface area contributed by atoms with E-state index in [1.807, 2.05) is 0 Å². The Morgan fingerprint density at radius 3 is 2.55 bits per heavy atom. The monoisotopic (exact) mass is 482 g/mol. The van der Waals surface area contributed by atoms with Crippen molar-refractivity contribution < 1.29 is 22.7 Å². The van der Waals surface area contributed by atoms with Gasteiger partial charge in [-0.2, -0.15) is 0 Å². The van der Waals surface area contributed by atoms with E-state index < -0.39 is 27.4 Å². The number of carboxylic acid groups (broad SMARTS) is 1. The summed E-state index contributed by atoms with van der Waals surface area (Å²) in [5, 5.41) is 9.41. The molecule has 1 N–H and O–H groups in total. The van der Waals surface area contributed by atoms with Gasteiger partial charge in [-0.3, -0.25) is 0 Å². The van der Waals surface area contributed by atoms with Crippen molar-refractivity contribution in [3.8, 4) is 16.1 Å². The molecule has 0 atom stereocenters. The predicted molar refractivity (Wildman–Crippen MR) is 123 cm³/mol. The molecule has 1 aliphatic carbocycles. The highest BCUT2D eigenvalue weighted by Gasteiger charge is 2.32. The smallest absolute Gasteiger partial charge is 0.335 e. The van der Waals surface area contributed by atoms with Crippen LogP contribution in [0.25, 0.3) is 16.1 Å². The van der Waals surface area contributed by atoms with Crippen LogP contribution in [0, 0.1) is 5.82 Å². The summed E-state index contributed by atoms with van der Waals surface area (Å²) in [6.07, 6.45) is 6.75. The first-order valence-electron chi connectivity index (χ1n) is 10.3. The Hall–Kier alpha value is -3.30. The highest BCUT2D eigenvalue weighted by atomic mass is 32.2. The molecule has 2 heterocycles. The average molecular weight is 483 g/mol. The summed E-state index contributed by atoms with van der Waals surface area (Å²) < 4.78 is 48.0. The number of carboxylic acids is 1. The molecule has 4 aromatic rings. The lowest BCUT2D eigenvalue weighted by molar-refractivity contribution is 0.0696. The van der Waals surface area contributed by atoms with Gasteiger partial charge in [0.15, 0.2) is 9.84 Å². The molecule has 0 amide bonds. The van der Waals surface area contributed by atoms with Gasteiger partial charge in [0, 0.05) is 24.2 Å². The minimum Gasteiger partial charge on any atom is -0.478 e. The van der Waals surface area contributed by atoms with Crippen LogP contribution in [-0.2, 0) is 15.6 Å². The lowest BCUT2D eigenvalue weighted by Crippen LogP contribution is -2.12. The van der Waals surface area contributed by atoms with Crippen LogP contribution in [0.3, 0.4) is 0 Å². The number of aromatic carboxylic acids is 1. The standard InChI is InChI=1S/C24H19FN2O4S2/c25-20-13-21(27-9-1-2-10-27)17(11-19(20)22-7-8-26-32-22)14-33(30,31)23-12-16(24(28)29)5-6-18(23)15-3-4-15/h1-2,5-13,15H,3-4,14H2,(H,28,29). The van der Waals surface area contributed by atoms with Gasteiger partial charge < -0.3 is 9.67 Å². The van der Waals surface area contributed by atoms with Crippen LogP contribution in [0.2, 0.25) is 0 Å². The van der Waals surface area contributed by atoms with Gasteiger partial charge in [0.25, 0.3) is 0 Å². The molecule has 0 aliphatic heterocycles. The summed E-state index contributed by atoms with van der Waals surface area (Å²) in [5.74, 6) is -1.94. The number of aromatic nitrogens is 2. The van der Waals surface area contributed by atoms with E-state index in [0.717, 1.165) is 24.4 Å². The lowest BCUT2D eigenvalue weighted by atomic mass is 10.1. The summed E-state index contributed by atoms with van der Waals surface area (Å²) >= 11 is 1.12. The largest absolute Gasteiger partial charge is 0.478 e. The van der Waals surface area contributed by atoms with Crippen LogP contribution in [-0.4, -0.2) is 28.4 Å². The molecule has 6 nitrogen and oxygen atoms in total. The maximum atomic E-state index is 15.0. The topological polar surface area (TPSA) is 89.3 Å². The molecule has 1 saturated carbocycles. The zero-order valence-electron chi connectivity index (χ0n) is 17.3. The van der Waals surface area contributed by atoms with E-state index in [4.69, 9.17) is 0 Å². The average Bonchev–Trinajstić information content (AvgIpc) is 3.24. The number of halogens is 1. The van der Waals surface area contributed by atoms with E-state index in [2.05, 4.69) is 4.37 Å². The number of hydrogen-bond donors (Lipinski definition) is 1. The molecular weight excluding hydrogens is 463 g/mol. The van der Waals surface area contributed by atoms with E-state index in [1.54, 1.807) is 53.5 Å². The van der Waals surface area contributed by atoms with Crippen molar-refractivity contribution in [1.29, 1.82) is 0 Å². The van der Waals surface area contributed by atoms with Gasteiger partial charge in [-0.15, -0.1) is 0 Å². The lowest BCUT2D eigenvalue weighted by Gasteiger charge is -2.16. The molecule has 0 saturated heterocycles. The quantitative estimate of drug-likeness (QED) is 0.387. The number of benzene rings is 2. The zero-order chi connectivity index (χ0) is 23.2. The third-order valence-electron chi connectivity index (χ3n) is 5.71. The molecule has 1 fully saturated rings. The van der Waals surface area contributed by atoms with Gasteiger partial charge in [-0.25, -0.2) is 22.0 Å². The second-order valence-electron chi connectivity index (χ2n) is 8.02. The highest BCUT2D eigenvalue weighted by molar-refractivity contribution is 7.90. The van der Waals surface area contributed by atoms with E-state index >= 15 is 4.39 Å². The van der Waals surface area contributed by atoms with Crippen molar-refractivity contribution in [1.82, 2.24) is 8.94 Å². The van der Waals surface area contributed by atoms with Crippen molar-refractivity contribution in [2.45, 2.75) is 29.4 Å². The van der Waals surface area contributed by atoms with Gasteiger partial charge in [0.1, 0.15) is 5.82 Å². The summed E-state index contributed by atoms with van der Waals surface area (Å²) in [6.45, 7) is 0. The maximum Gasteiger partial charge on any atom is 0.335 e. The molecule has 0 unspecified atom stereocenters. The minimum absolute atomic E-state index is 0.0343. The summed E-state index contributed by atoms with van der Waals surface area (Å²) in [6, 6.07) is 12.4. The summed E-state index contributed by atoms with van der Waals surface area (Å²) in [5.41, 5.74) is 1.68. The minimum atomic E-state index is -3.93. The summed E-state index contributed by atoms with van der Waals surface area (Å²) in [4.78, 5) is 12.1. The Bertz CT molecular complexity index is 1440. The molecule has 0 spiro atoms. The van der Waals surface area contributed by atoms with Crippen LogP contribution in [0.15, 0.2) is 72.0 Å². The number of hydrogen-bond acceptors (Lipinski definition) is 5. The van der Waals surface area contributed by atoms with Crippen molar-refractivity contribution >= 4 is 27.3 Å². The molecule has 2 aromatic carbocycles. The number of carbonyl (C=O) groups is 1. The van der Waals surface area contributed by atoms with Gasteiger partial charge in [0.2, 0.25) is 0 Å². The molecule has 5 rings (SSSR count). The molecular formula is C24H19FN2O4S2. The van der Waals surface area contributed by atoms with Gasteiger partial charge in [-0.1, -0.05) is 6.07 Å². The Labute approximate surface area is 194 Å². The first kappa shape index (κ1) is 21.5. The predicted octanol–water partition coefficient (Wildman–Crippen LogP) is 5.29. The normalized spacial score (nSPS) is 13.8. The molecule has 0 bridgehead atoms. The maximum absolute atomic E-state index is 15.0. The summed E-state index contributed by atoms with van der Waals surface area (Å²) in [7, 11) is -3.93. The molecule has 168 valence electrons. The Balaban J connectivity index is 1.65. The van der Waals surface area contributed by atoms with Crippen molar-refractivity contribution in [2.75, 3.05) is 0 Å². The Morgan fingerprint density at radius 2 is 1.91 bits per heavy atom. The van der Waals surface area contributed by atoms with Crippen LogP contribution in [0.5, 0.6) is 0 Å². The fraction of sp³-hybridized carbons (Fsp3) is 0.167. The SMILES string of the molecule is O=C(O)c1ccc(C2CC2)c(S(=O)(=O)Cc2cc(-c3ccns3)c(F)cc2-n2cccc2)c1. The Morgan fingerprint density at radius 1 is 1.15 bits per heavy atom. The van der Waals surface area contributed by atoms with Crippen molar-refractivity contribution in [3.63, 3.8) is 0 Å². The van der Waals surface area contributed by atoms with Gasteiger partial charge in [0.05, 0.1) is 26.8 Å². The van der Waals surface area contributed by atoms with Crippen molar-refractivity contribution in [2.24, 2.45) is 0 Å². The Kier molecular flexibility index (Phi) is 5.38. The van der Waals surface area contributed by atoms with E-state index in [0.29, 0.717) is 21.7 Å². The number of rotatable bonds is 7. The van der Waals surface area contributed by atoms with Crippen molar-refractivity contribution in [3.05, 3.63) is 89.6 Å². The second kappa shape index (κ2) is 8.24. The first-order chi connectivity index (χ1) is 15.8. The molecule has 0 radical (unpaired) electrons. The van der Waals surface area contributed by atoms with Crippen LogP contribution >= 0.6 is 11.5 Å². The zero-order valence-corrected chi connectivity index (χ0v) is 18.9.